The zero-order chi connectivity index (χ0) is 13.9. The molecule has 0 spiro atoms. The zero-order valence-corrected chi connectivity index (χ0v) is 12.6. The average Bonchev–Trinajstić information content (AvgIpc) is 3.10. The topological polar surface area (TPSA) is 60.5 Å². The zero-order valence-electron chi connectivity index (χ0n) is 11.8. The van der Waals surface area contributed by atoms with Crippen molar-refractivity contribution in [1.29, 1.82) is 0 Å². The van der Waals surface area contributed by atoms with Crippen molar-refractivity contribution in [2.45, 2.75) is 12.5 Å². The average molecular weight is 295 g/mol. The smallest absolute Gasteiger partial charge is 0.263 e. The highest BCUT2D eigenvalue weighted by Crippen LogP contribution is 2.23. The fourth-order valence-electron chi connectivity index (χ4n) is 2.55. The van der Waals surface area contributed by atoms with Crippen LogP contribution in [0.15, 0.2) is 6.20 Å². The van der Waals surface area contributed by atoms with Crippen molar-refractivity contribution in [3.05, 3.63) is 11.1 Å². The molecule has 2 fully saturated rings. The summed E-state index contributed by atoms with van der Waals surface area (Å²) in [6, 6.07) is 0.261. The molecule has 1 aromatic rings. The number of nitrogens with zero attached hydrogens (tertiary/aromatic N) is 3. The Labute approximate surface area is 123 Å². The van der Waals surface area contributed by atoms with E-state index >= 15 is 0 Å². The van der Waals surface area contributed by atoms with Gasteiger partial charge in [0.1, 0.15) is 4.88 Å². The van der Waals surface area contributed by atoms with Crippen LogP contribution in [0.4, 0.5) is 5.13 Å². The van der Waals surface area contributed by atoms with Gasteiger partial charge in [0.25, 0.3) is 5.91 Å². The number of piperazine rings is 1. The Hall–Kier alpha value is -1.18. The monoisotopic (exact) mass is 295 g/mol. The predicted molar refractivity (Wildman–Crippen MR) is 80.6 cm³/mol. The van der Waals surface area contributed by atoms with E-state index in [1.165, 1.54) is 11.3 Å². The molecule has 0 saturated carbocycles. The van der Waals surface area contributed by atoms with Gasteiger partial charge in [-0.25, -0.2) is 4.98 Å². The summed E-state index contributed by atoms with van der Waals surface area (Å²) >= 11 is 1.50. The molecule has 3 rings (SSSR count). The summed E-state index contributed by atoms with van der Waals surface area (Å²) in [5.74, 6) is 0.0107. The second-order valence-electron chi connectivity index (χ2n) is 5.46. The first kappa shape index (κ1) is 13.8. The minimum atomic E-state index is 0.0107. The van der Waals surface area contributed by atoms with E-state index in [4.69, 9.17) is 0 Å². The molecule has 3 heterocycles. The summed E-state index contributed by atoms with van der Waals surface area (Å²) in [6.07, 6.45) is 2.71. The Bertz CT molecular complexity index is 463. The maximum absolute atomic E-state index is 12.2. The number of rotatable bonds is 3. The summed E-state index contributed by atoms with van der Waals surface area (Å²) in [6.45, 7) is 5.93. The van der Waals surface area contributed by atoms with E-state index in [1.54, 1.807) is 6.20 Å². The van der Waals surface area contributed by atoms with Crippen LogP contribution < -0.4 is 15.5 Å². The first-order valence-electron chi connectivity index (χ1n) is 7.13. The standard InChI is InChI=1S/C13H21N5OS/c1-17-4-6-18(7-5-17)13-15-9-11(20-13)12(19)16-10-2-3-14-8-10/h9-10,14H,2-8H2,1H3,(H,16,19). The number of hydrogen-bond acceptors (Lipinski definition) is 6. The van der Waals surface area contributed by atoms with Gasteiger partial charge in [-0.2, -0.15) is 0 Å². The highest BCUT2D eigenvalue weighted by Gasteiger charge is 2.21. The fourth-order valence-corrected chi connectivity index (χ4v) is 3.42. The molecular formula is C13H21N5OS. The highest BCUT2D eigenvalue weighted by molar-refractivity contribution is 7.17. The summed E-state index contributed by atoms with van der Waals surface area (Å²) in [4.78, 5) is 21.9. The highest BCUT2D eigenvalue weighted by atomic mass is 32.1. The van der Waals surface area contributed by atoms with Crippen LogP contribution in [0.5, 0.6) is 0 Å². The van der Waals surface area contributed by atoms with Gasteiger partial charge in [0, 0.05) is 38.8 Å². The van der Waals surface area contributed by atoms with Crippen LogP contribution in [0, 0.1) is 0 Å². The van der Waals surface area contributed by atoms with E-state index < -0.39 is 0 Å². The van der Waals surface area contributed by atoms with E-state index in [2.05, 4.69) is 32.5 Å². The van der Waals surface area contributed by atoms with Crippen LogP contribution in [0.2, 0.25) is 0 Å². The van der Waals surface area contributed by atoms with Gasteiger partial charge in [0.15, 0.2) is 5.13 Å². The van der Waals surface area contributed by atoms with Crippen LogP contribution >= 0.6 is 11.3 Å². The molecule has 7 heteroatoms. The summed E-state index contributed by atoms with van der Waals surface area (Å²) in [5, 5.41) is 7.28. The Balaban J connectivity index is 1.59. The van der Waals surface area contributed by atoms with Crippen molar-refractivity contribution in [3.63, 3.8) is 0 Å². The SMILES string of the molecule is CN1CCN(c2ncc(C(=O)NC3CCNC3)s2)CC1. The van der Waals surface area contributed by atoms with Crippen molar-refractivity contribution in [3.8, 4) is 0 Å². The van der Waals surface area contributed by atoms with E-state index in [-0.39, 0.29) is 11.9 Å². The minimum Gasteiger partial charge on any atom is -0.347 e. The van der Waals surface area contributed by atoms with Gasteiger partial charge in [-0.05, 0) is 20.0 Å². The molecule has 0 aromatic carbocycles. The van der Waals surface area contributed by atoms with Gasteiger partial charge >= 0.3 is 0 Å². The lowest BCUT2D eigenvalue weighted by atomic mass is 10.2. The van der Waals surface area contributed by atoms with Crippen molar-refractivity contribution in [2.75, 3.05) is 51.2 Å². The molecule has 0 bridgehead atoms. The van der Waals surface area contributed by atoms with Crippen LogP contribution in [-0.2, 0) is 0 Å². The number of amides is 1. The van der Waals surface area contributed by atoms with Gasteiger partial charge in [-0.3, -0.25) is 4.79 Å². The molecule has 2 aliphatic rings. The Morgan fingerprint density at radius 3 is 2.95 bits per heavy atom. The molecule has 1 amide bonds. The lowest BCUT2D eigenvalue weighted by Crippen LogP contribution is -2.44. The Morgan fingerprint density at radius 2 is 2.25 bits per heavy atom. The lowest BCUT2D eigenvalue weighted by molar-refractivity contribution is 0.0944. The van der Waals surface area contributed by atoms with E-state index in [0.717, 1.165) is 50.8 Å². The molecule has 0 radical (unpaired) electrons. The number of nitrogens with one attached hydrogen (secondary N) is 2. The molecule has 20 heavy (non-hydrogen) atoms. The summed E-state index contributed by atoms with van der Waals surface area (Å²) in [5.41, 5.74) is 0. The van der Waals surface area contributed by atoms with Crippen molar-refractivity contribution in [2.24, 2.45) is 0 Å². The number of likely N-dealkylation sites (N-methyl/N-ethyl adjacent to an activating group) is 1. The number of carbonyl (C=O) groups is 1. The summed E-state index contributed by atoms with van der Waals surface area (Å²) in [7, 11) is 2.13. The van der Waals surface area contributed by atoms with Crippen molar-refractivity contribution >= 4 is 22.4 Å². The Kier molecular flexibility index (Phi) is 4.18. The Morgan fingerprint density at radius 1 is 1.45 bits per heavy atom. The first-order chi connectivity index (χ1) is 9.72. The van der Waals surface area contributed by atoms with Crippen molar-refractivity contribution in [1.82, 2.24) is 20.5 Å². The third-order valence-electron chi connectivity index (χ3n) is 3.89. The maximum Gasteiger partial charge on any atom is 0.263 e. The van der Waals surface area contributed by atoms with E-state index in [9.17, 15) is 4.79 Å². The number of aromatic nitrogens is 1. The van der Waals surface area contributed by atoms with E-state index in [1.807, 2.05) is 0 Å². The number of carbonyl (C=O) groups excluding carboxylic acids is 1. The molecule has 2 saturated heterocycles. The second kappa shape index (κ2) is 6.07. The summed E-state index contributed by atoms with van der Waals surface area (Å²) < 4.78 is 0. The first-order valence-corrected chi connectivity index (χ1v) is 7.95. The molecule has 2 aliphatic heterocycles. The molecule has 6 nitrogen and oxygen atoms in total. The molecule has 1 atom stereocenters. The molecule has 1 aromatic heterocycles. The van der Waals surface area contributed by atoms with E-state index in [0.29, 0.717) is 4.88 Å². The van der Waals surface area contributed by atoms with Crippen LogP contribution in [0.25, 0.3) is 0 Å². The van der Waals surface area contributed by atoms with Gasteiger partial charge in [0.05, 0.1) is 6.20 Å². The predicted octanol–water partition coefficient (Wildman–Crippen LogP) is -0.0134. The largest absolute Gasteiger partial charge is 0.347 e. The van der Waals surface area contributed by atoms with Gasteiger partial charge in [-0.15, -0.1) is 0 Å². The number of thiazole rings is 1. The normalized spacial score (nSPS) is 24.1. The minimum absolute atomic E-state index is 0.0107. The molecule has 110 valence electrons. The lowest BCUT2D eigenvalue weighted by Gasteiger charge is -2.32. The maximum atomic E-state index is 12.2. The second-order valence-corrected chi connectivity index (χ2v) is 6.47. The van der Waals surface area contributed by atoms with Gasteiger partial charge in [0.2, 0.25) is 0 Å². The molecule has 1 unspecified atom stereocenters. The van der Waals surface area contributed by atoms with Gasteiger partial charge < -0.3 is 20.4 Å². The molecule has 0 aliphatic carbocycles. The van der Waals surface area contributed by atoms with Gasteiger partial charge in [-0.1, -0.05) is 11.3 Å². The van der Waals surface area contributed by atoms with Crippen molar-refractivity contribution < 1.29 is 4.79 Å². The number of hydrogen-bond donors (Lipinski definition) is 2. The van der Waals surface area contributed by atoms with Crippen LogP contribution in [0.3, 0.4) is 0 Å². The molecule has 2 N–H and O–H groups in total. The van der Waals surface area contributed by atoms with Crippen LogP contribution in [0.1, 0.15) is 16.1 Å². The quantitative estimate of drug-likeness (QED) is 0.821. The number of anilines is 1. The third kappa shape index (κ3) is 3.11. The fraction of sp³-hybridized carbons (Fsp3) is 0.692. The third-order valence-corrected chi connectivity index (χ3v) is 4.94. The van der Waals surface area contributed by atoms with Crippen LogP contribution in [-0.4, -0.2) is 68.1 Å². The molecular weight excluding hydrogens is 274 g/mol.